The molecule has 0 aliphatic carbocycles. The van der Waals surface area contributed by atoms with Crippen LogP contribution in [0, 0.1) is 11.2 Å². The normalized spacial score (nSPS) is 10.7. The van der Waals surface area contributed by atoms with Gasteiger partial charge in [0, 0.05) is 11.1 Å². The molecule has 0 aromatic heterocycles. The van der Waals surface area contributed by atoms with Crippen LogP contribution in [-0.2, 0) is 6.61 Å². The molecule has 0 amide bonds. The van der Waals surface area contributed by atoms with Crippen LogP contribution in [0.1, 0.15) is 36.5 Å². The first-order valence-corrected chi connectivity index (χ1v) is 6.83. The maximum Gasteiger partial charge on any atom is 0.123 e. The second kappa shape index (κ2) is 6.39. The molecule has 0 atom stereocenters. The van der Waals surface area contributed by atoms with Crippen molar-refractivity contribution in [2.45, 2.75) is 26.4 Å². The molecule has 0 fully saturated rings. The molecule has 2 aromatic rings. The number of halogens is 1. The highest BCUT2D eigenvalue weighted by Crippen LogP contribution is 2.21. The smallest absolute Gasteiger partial charge is 0.123 e. The van der Waals surface area contributed by atoms with Gasteiger partial charge in [0.1, 0.15) is 24.0 Å². The second-order valence-corrected chi connectivity index (χ2v) is 5.23. The van der Waals surface area contributed by atoms with Crippen molar-refractivity contribution in [3.63, 3.8) is 0 Å². The minimum atomic E-state index is -0.411. The van der Waals surface area contributed by atoms with Crippen molar-refractivity contribution in [3.8, 4) is 5.75 Å². The third-order valence-corrected chi connectivity index (χ3v) is 3.28. The molecule has 3 nitrogen and oxygen atoms in total. The van der Waals surface area contributed by atoms with E-state index in [9.17, 15) is 4.39 Å². The molecule has 3 N–H and O–H groups in total. The maximum absolute atomic E-state index is 13.2. The first-order valence-electron chi connectivity index (χ1n) is 6.83. The highest BCUT2D eigenvalue weighted by molar-refractivity contribution is 5.96. The molecule has 0 aliphatic rings. The van der Waals surface area contributed by atoms with Gasteiger partial charge in [-0.25, -0.2) is 4.39 Å². The van der Waals surface area contributed by atoms with Crippen LogP contribution in [0.25, 0.3) is 0 Å². The summed E-state index contributed by atoms with van der Waals surface area (Å²) in [6.45, 7) is 4.48. The van der Waals surface area contributed by atoms with E-state index >= 15 is 0 Å². The van der Waals surface area contributed by atoms with Crippen LogP contribution in [0.2, 0.25) is 0 Å². The lowest BCUT2D eigenvalue weighted by molar-refractivity contribution is 0.305. The van der Waals surface area contributed by atoms with Gasteiger partial charge in [0.2, 0.25) is 0 Å². The van der Waals surface area contributed by atoms with E-state index in [1.54, 1.807) is 6.07 Å². The minimum Gasteiger partial charge on any atom is -0.489 e. The predicted octanol–water partition coefficient (Wildman–Crippen LogP) is 3.81. The van der Waals surface area contributed by atoms with Gasteiger partial charge in [-0.05, 0) is 35.7 Å². The lowest BCUT2D eigenvalue weighted by Crippen LogP contribution is -2.15. The monoisotopic (exact) mass is 286 g/mol. The van der Waals surface area contributed by atoms with Crippen molar-refractivity contribution in [2.75, 3.05) is 0 Å². The number of nitrogens with one attached hydrogen (secondary N) is 1. The highest BCUT2D eigenvalue weighted by atomic mass is 19.1. The van der Waals surface area contributed by atoms with Crippen molar-refractivity contribution in [1.29, 1.82) is 5.41 Å². The van der Waals surface area contributed by atoms with Crippen LogP contribution in [0.3, 0.4) is 0 Å². The maximum atomic E-state index is 13.2. The van der Waals surface area contributed by atoms with E-state index in [1.807, 2.05) is 18.2 Å². The zero-order valence-corrected chi connectivity index (χ0v) is 12.2. The van der Waals surface area contributed by atoms with Gasteiger partial charge in [-0.1, -0.05) is 32.0 Å². The third-order valence-electron chi connectivity index (χ3n) is 3.28. The van der Waals surface area contributed by atoms with Crippen molar-refractivity contribution in [2.24, 2.45) is 5.73 Å². The molecular weight excluding hydrogens is 267 g/mol. The summed E-state index contributed by atoms with van der Waals surface area (Å²) in [4.78, 5) is 0. The van der Waals surface area contributed by atoms with Crippen LogP contribution in [0.4, 0.5) is 4.39 Å². The molecule has 0 spiro atoms. The highest BCUT2D eigenvalue weighted by Gasteiger charge is 2.08. The first-order chi connectivity index (χ1) is 9.97. The summed E-state index contributed by atoms with van der Waals surface area (Å²) in [5.74, 6) is 0.599. The van der Waals surface area contributed by atoms with Gasteiger partial charge in [-0.3, -0.25) is 5.41 Å². The fourth-order valence-corrected chi connectivity index (χ4v) is 2.05. The fraction of sp³-hybridized carbons (Fsp3) is 0.235. The molecule has 21 heavy (non-hydrogen) atoms. The quantitative estimate of drug-likeness (QED) is 0.648. The SMILES string of the molecule is CC(C)c1cccc(OCc2ccc(F)cc2C(=N)N)c1. The van der Waals surface area contributed by atoms with Crippen molar-refractivity contribution >= 4 is 5.84 Å². The Kier molecular flexibility index (Phi) is 4.58. The van der Waals surface area contributed by atoms with E-state index in [1.165, 1.54) is 17.7 Å². The number of nitrogens with two attached hydrogens (primary N) is 1. The Morgan fingerprint density at radius 2 is 2.00 bits per heavy atom. The van der Waals surface area contributed by atoms with Gasteiger partial charge < -0.3 is 10.5 Å². The average Bonchev–Trinajstić information content (AvgIpc) is 2.46. The van der Waals surface area contributed by atoms with E-state index in [0.717, 1.165) is 5.75 Å². The number of amidine groups is 1. The Labute approximate surface area is 124 Å². The number of hydrogen-bond donors (Lipinski definition) is 2. The van der Waals surface area contributed by atoms with Gasteiger partial charge in [0.25, 0.3) is 0 Å². The summed E-state index contributed by atoms with van der Waals surface area (Å²) in [5, 5.41) is 7.50. The summed E-state index contributed by atoms with van der Waals surface area (Å²) >= 11 is 0. The number of rotatable bonds is 5. The molecule has 0 radical (unpaired) electrons. The number of benzene rings is 2. The largest absolute Gasteiger partial charge is 0.489 e. The molecule has 110 valence electrons. The van der Waals surface area contributed by atoms with E-state index in [0.29, 0.717) is 17.0 Å². The summed E-state index contributed by atoms with van der Waals surface area (Å²) in [6, 6.07) is 12.1. The first kappa shape index (κ1) is 15.0. The Balaban J connectivity index is 2.17. The standard InChI is InChI=1S/C17H19FN2O/c1-11(2)12-4-3-5-15(8-12)21-10-13-6-7-14(18)9-16(13)17(19)20/h3-9,11H,10H2,1-2H3,(H3,19,20). The van der Waals surface area contributed by atoms with Crippen LogP contribution in [0.5, 0.6) is 5.75 Å². The lowest BCUT2D eigenvalue weighted by Gasteiger charge is -2.12. The fourth-order valence-electron chi connectivity index (χ4n) is 2.05. The third kappa shape index (κ3) is 3.81. The summed E-state index contributed by atoms with van der Waals surface area (Å²) < 4.78 is 19.0. The predicted molar refractivity (Wildman–Crippen MR) is 82.3 cm³/mol. The molecule has 2 rings (SSSR count). The van der Waals surface area contributed by atoms with E-state index < -0.39 is 5.82 Å². The molecule has 0 aliphatic heterocycles. The Hall–Kier alpha value is -2.36. The Bertz CT molecular complexity index is 653. The van der Waals surface area contributed by atoms with Gasteiger partial charge in [-0.15, -0.1) is 0 Å². The zero-order chi connectivity index (χ0) is 15.4. The number of ether oxygens (including phenoxy) is 1. The molecule has 0 heterocycles. The van der Waals surface area contributed by atoms with Crippen molar-refractivity contribution < 1.29 is 9.13 Å². The average molecular weight is 286 g/mol. The molecule has 0 saturated carbocycles. The Morgan fingerprint density at radius 3 is 2.67 bits per heavy atom. The molecule has 0 unspecified atom stereocenters. The van der Waals surface area contributed by atoms with Gasteiger partial charge in [-0.2, -0.15) is 0 Å². The topological polar surface area (TPSA) is 59.1 Å². The van der Waals surface area contributed by atoms with Crippen LogP contribution < -0.4 is 10.5 Å². The number of nitrogen functional groups attached to an aromatic ring is 1. The molecule has 0 saturated heterocycles. The molecule has 2 aromatic carbocycles. The van der Waals surface area contributed by atoms with Crippen molar-refractivity contribution in [3.05, 3.63) is 65.0 Å². The summed E-state index contributed by atoms with van der Waals surface area (Å²) in [5.41, 5.74) is 7.73. The molecule has 4 heteroatoms. The van der Waals surface area contributed by atoms with Gasteiger partial charge in [0.15, 0.2) is 0 Å². The van der Waals surface area contributed by atoms with E-state index in [4.69, 9.17) is 15.9 Å². The number of hydrogen-bond acceptors (Lipinski definition) is 2. The van der Waals surface area contributed by atoms with Crippen LogP contribution in [-0.4, -0.2) is 5.84 Å². The van der Waals surface area contributed by atoms with Crippen molar-refractivity contribution in [1.82, 2.24) is 0 Å². The summed E-state index contributed by atoms with van der Waals surface area (Å²) in [6.07, 6.45) is 0. The lowest BCUT2D eigenvalue weighted by atomic mass is 10.0. The second-order valence-electron chi connectivity index (χ2n) is 5.23. The Morgan fingerprint density at radius 1 is 1.24 bits per heavy atom. The minimum absolute atomic E-state index is 0.163. The van der Waals surface area contributed by atoms with E-state index in [2.05, 4.69) is 19.9 Å². The van der Waals surface area contributed by atoms with E-state index in [-0.39, 0.29) is 12.4 Å². The summed E-state index contributed by atoms with van der Waals surface area (Å²) in [7, 11) is 0. The van der Waals surface area contributed by atoms with Crippen LogP contribution >= 0.6 is 0 Å². The van der Waals surface area contributed by atoms with Gasteiger partial charge in [0.05, 0.1) is 0 Å². The molecular formula is C17H19FN2O. The van der Waals surface area contributed by atoms with Gasteiger partial charge >= 0.3 is 0 Å². The van der Waals surface area contributed by atoms with Crippen LogP contribution in [0.15, 0.2) is 42.5 Å². The molecule has 0 bridgehead atoms. The zero-order valence-electron chi connectivity index (χ0n) is 12.2.